The summed E-state index contributed by atoms with van der Waals surface area (Å²) >= 11 is 0. The Labute approximate surface area is 168 Å². The van der Waals surface area contributed by atoms with Crippen LogP contribution in [-0.2, 0) is 0 Å². The number of nitrogens with zero attached hydrogens (tertiary/aromatic N) is 4. The smallest absolute Gasteiger partial charge is 0.255 e. The van der Waals surface area contributed by atoms with Crippen LogP contribution in [0.5, 0.6) is 5.75 Å². The van der Waals surface area contributed by atoms with E-state index in [-0.39, 0.29) is 5.91 Å². The number of carbonyl (C=O) groups excluding carboxylic acids is 1. The zero-order valence-corrected chi connectivity index (χ0v) is 16.5. The molecule has 2 aromatic carbocycles. The number of ether oxygens (including phenoxy) is 1. The van der Waals surface area contributed by atoms with E-state index in [4.69, 9.17) is 4.74 Å². The van der Waals surface area contributed by atoms with Gasteiger partial charge in [0, 0.05) is 49.5 Å². The predicted molar refractivity (Wildman–Crippen MR) is 114 cm³/mol. The Morgan fingerprint density at radius 2 is 1.93 bits per heavy atom. The third-order valence-corrected chi connectivity index (χ3v) is 4.62. The van der Waals surface area contributed by atoms with E-state index < -0.39 is 0 Å². The summed E-state index contributed by atoms with van der Waals surface area (Å²) in [6.07, 6.45) is 5.49. The monoisotopic (exact) mass is 387 g/mol. The highest BCUT2D eigenvalue weighted by atomic mass is 16.5. The van der Waals surface area contributed by atoms with Crippen LogP contribution in [0.15, 0.2) is 67.1 Å². The number of fused-ring (bicyclic) bond motifs is 1. The molecule has 2 aromatic heterocycles. The quantitative estimate of drug-likeness (QED) is 0.565. The number of carbonyl (C=O) groups is 1. The van der Waals surface area contributed by atoms with Gasteiger partial charge in [0.1, 0.15) is 5.75 Å². The van der Waals surface area contributed by atoms with E-state index in [9.17, 15) is 4.79 Å². The van der Waals surface area contributed by atoms with Gasteiger partial charge in [0.05, 0.1) is 18.5 Å². The summed E-state index contributed by atoms with van der Waals surface area (Å²) in [6, 6.07) is 14.8. The number of aromatic nitrogens is 3. The molecule has 146 valence electrons. The molecule has 1 amide bonds. The summed E-state index contributed by atoms with van der Waals surface area (Å²) in [5.41, 5.74) is 3.80. The van der Waals surface area contributed by atoms with Gasteiger partial charge in [-0.15, -0.1) is 0 Å². The Hall–Kier alpha value is -3.87. The third-order valence-electron chi connectivity index (χ3n) is 4.62. The van der Waals surface area contributed by atoms with Crippen molar-refractivity contribution in [3.05, 3.63) is 72.7 Å². The maximum absolute atomic E-state index is 12.7. The molecule has 0 aliphatic heterocycles. The maximum Gasteiger partial charge on any atom is 0.255 e. The first-order chi connectivity index (χ1) is 14.0. The fourth-order valence-corrected chi connectivity index (χ4v) is 3.04. The second kappa shape index (κ2) is 7.63. The lowest BCUT2D eigenvalue weighted by Gasteiger charge is -2.14. The Bertz CT molecular complexity index is 1130. The number of hydrogen-bond donors (Lipinski definition) is 1. The standard InChI is InChI=1S/C22H21N5O2/c1-26(2)17-8-5-15(6-9-17)21(28)24-18-13-16(7-10-20(18)29-3)19-14-27-12-4-11-23-22(27)25-19/h4-14H,1-3H3,(H,24,28). The summed E-state index contributed by atoms with van der Waals surface area (Å²) in [7, 11) is 5.49. The largest absolute Gasteiger partial charge is 0.495 e. The molecule has 2 heterocycles. The molecular weight excluding hydrogens is 366 g/mol. The molecule has 4 rings (SSSR count). The normalized spacial score (nSPS) is 10.7. The number of amides is 1. The van der Waals surface area contributed by atoms with Crippen LogP contribution < -0.4 is 15.0 Å². The molecular formula is C22H21N5O2. The van der Waals surface area contributed by atoms with Crippen LogP contribution in [0.1, 0.15) is 10.4 Å². The van der Waals surface area contributed by atoms with Crippen LogP contribution in [0, 0.1) is 0 Å². The molecule has 0 unspecified atom stereocenters. The van der Waals surface area contributed by atoms with Crippen LogP contribution in [0.3, 0.4) is 0 Å². The van der Waals surface area contributed by atoms with Crippen LogP contribution in [0.4, 0.5) is 11.4 Å². The molecule has 0 aliphatic rings. The molecule has 0 saturated heterocycles. The topological polar surface area (TPSA) is 71.8 Å². The Kier molecular flexibility index (Phi) is 4.87. The summed E-state index contributed by atoms with van der Waals surface area (Å²) in [4.78, 5) is 23.5. The van der Waals surface area contributed by atoms with E-state index in [1.807, 2.05) is 72.2 Å². The van der Waals surface area contributed by atoms with Gasteiger partial charge >= 0.3 is 0 Å². The number of anilines is 2. The van der Waals surface area contributed by atoms with E-state index in [1.54, 1.807) is 25.4 Å². The molecule has 1 N–H and O–H groups in total. The first-order valence-corrected chi connectivity index (χ1v) is 9.12. The Balaban J connectivity index is 1.63. The molecule has 0 aliphatic carbocycles. The Morgan fingerprint density at radius 1 is 1.14 bits per heavy atom. The summed E-state index contributed by atoms with van der Waals surface area (Å²) in [5, 5.41) is 2.94. The van der Waals surface area contributed by atoms with Gasteiger partial charge in [0.15, 0.2) is 0 Å². The fourth-order valence-electron chi connectivity index (χ4n) is 3.04. The first kappa shape index (κ1) is 18.5. The minimum Gasteiger partial charge on any atom is -0.495 e. The molecule has 0 radical (unpaired) electrons. The van der Waals surface area contributed by atoms with E-state index in [0.29, 0.717) is 22.8 Å². The highest BCUT2D eigenvalue weighted by Gasteiger charge is 2.13. The van der Waals surface area contributed by atoms with Gasteiger partial charge in [-0.2, -0.15) is 0 Å². The van der Waals surface area contributed by atoms with Crippen molar-refractivity contribution in [2.45, 2.75) is 0 Å². The molecule has 0 fully saturated rings. The Morgan fingerprint density at radius 3 is 2.62 bits per heavy atom. The number of hydrogen-bond acceptors (Lipinski definition) is 5. The second-order valence-electron chi connectivity index (χ2n) is 6.76. The van der Waals surface area contributed by atoms with Crippen LogP contribution in [-0.4, -0.2) is 41.5 Å². The number of imidazole rings is 1. The van der Waals surface area contributed by atoms with Crippen LogP contribution in [0.25, 0.3) is 17.0 Å². The predicted octanol–water partition coefficient (Wildman–Crippen LogP) is 3.72. The van der Waals surface area contributed by atoms with E-state index >= 15 is 0 Å². The van der Waals surface area contributed by atoms with E-state index in [2.05, 4.69) is 15.3 Å². The molecule has 0 bridgehead atoms. The van der Waals surface area contributed by atoms with E-state index in [1.165, 1.54) is 0 Å². The van der Waals surface area contributed by atoms with Crippen molar-refractivity contribution in [3.63, 3.8) is 0 Å². The fraction of sp³-hybridized carbons (Fsp3) is 0.136. The van der Waals surface area contributed by atoms with E-state index in [0.717, 1.165) is 16.9 Å². The highest BCUT2D eigenvalue weighted by molar-refractivity contribution is 6.05. The third kappa shape index (κ3) is 3.75. The van der Waals surface area contributed by atoms with Crippen molar-refractivity contribution in [2.24, 2.45) is 0 Å². The van der Waals surface area contributed by atoms with Crippen LogP contribution in [0.2, 0.25) is 0 Å². The van der Waals surface area contributed by atoms with Gasteiger partial charge in [-0.1, -0.05) is 0 Å². The average molecular weight is 387 g/mol. The van der Waals surface area contributed by atoms with Gasteiger partial charge in [0.2, 0.25) is 5.78 Å². The molecule has 7 nitrogen and oxygen atoms in total. The lowest BCUT2D eigenvalue weighted by atomic mass is 10.1. The van der Waals surface area contributed by atoms with Crippen LogP contribution >= 0.6 is 0 Å². The molecule has 0 spiro atoms. The van der Waals surface area contributed by atoms with Gasteiger partial charge < -0.3 is 15.0 Å². The lowest BCUT2D eigenvalue weighted by molar-refractivity contribution is 0.102. The number of benzene rings is 2. The SMILES string of the molecule is COc1ccc(-c2cn3cccnc3n2)cc1NC(=O)c1ccc(N(C)C)cc1. The van der Waals surface area contributed by atoms with Crippen molar-refractivity contribution >= 4 is 23.1 Å². The molecule has 4 aromatic rings. The zero-order chi connectivity index (χ0) is 20.4. The maximum atomic E-state index is 12.7. The first-order valence-electron chi connectivity index (χ1n) is 9.12. The van der Waals surface area contributed by atoms with Gasteiger partial charge in [0.25, 0.3) is 5.91 Å². The molecule has 0 atom stereocenters. The number of rotatable bonds is 5. The number of methoxy groups -OCH3 is 1. The van der Waals surface area contributed by atoms with Crippen molar-refractivity contribution in [1.82, 2.24) is 14.4 Å². The highest BCUT2D eigenvalue weighted by Crippen LogP contribution is 2.30. The minimum atomic E-state index is -0.206. The van der Waals surface area contributed by atoms with Gasteiger partial charge in [-0.3, -0.25) is 9.20 Å². The van der Waals surface area contributed by atoms with Crippen molar-refractivity contribution in [2.75, 3.05) is 31.4 Å². The zero-order valence-electron chi connectivity index (χ0n) is 16.5. The lowest BCUT2D eigenvalue weighted by Crippen LogP contribution is -2.13. The average Bonchev–Trinajstić information content (AvgIpc) is 3.18. The van der Waals surface area contributed by atoms with Gasteiger partial charge in [-0.05, 0) is 48.5 Å². The van der Waals surface area contributed by atoms with Gasteiger partial charge in [-0.25, -0.2) is 9.97 Å². The van der Waals surface area contributed by atoms with Crippen molar-refractivity contribution in [3.8, 4) is 17.0 Å². The molecule has 0 saturated carbocycles. The minimum absolute atomic E-state index is 0.206. The summed E-state index contributed by atoms with van der Waals surface area (Å²) in [6.45, 7) is 0. The second-order valence-corrected chi connectivity index (χ2v) is 6.76. The van der Waals surface area contributed by atoms with Crippen molar-refractivity contribution in [1.29, 1.82) is 0 Å². The number of nitrogens with one attached hydrogen (secondary N) is 1. The molecule has 7 heteroatoms. The summed E-state index contributed by atoms with van der Waals surface area (Å²) < 4.78 is 7.27. The van der Waals surface area contributed by atoms with Crippen molar-refractivity contribution < 1.29 is 9.53 Å². The molecule has 29 heavy (non-hydrogen) atoms. The summed E-state index contributed by atoms with van der Waals surface area (Å²) in [5.74, 6) is 0.987.